The number of hydrogen-bond acceptors (Lipinski definition) is 2. The molecule has 3 nitrogen and oxygen atoms in total. The average Bonchev–Trinajstić information content (AvgIpc) is 2.26. The summed E-state index contributed by atoms with van der Waals surface area (Å²) in [6, 6.07) is 0.346. The minimum atomic E-state index is -0.147. The number of rotatable bonds is 4. The molecule has 1 rings (SSSR count). The minimum Gasteiger partial charge on any atom is -0.395 e. The van der Waals surface area contributed by atoms with E-state index in [0.717, 1.165) is 12.8 Å². The summed E-state index contributed by atoms with van der Waals surface area (Å²) in [6.07, 6.45) is 5.87. The van der Waals surface area contributed by atoms with Crippen LogP contribution in [0.3, 0.4) is 0 Å². The first-order valence-corrected chi connectivity index (χ1v) is 6.63. The fraction of sp³-hybridized carbons (Fsp3) is 0.909. The highest BCUT2D eigenvalue weighted by molar-refractivity contribution is 9.10. The summed E-state index contributed by atoms with van der Waals surface area (Å²) in [6.45, 7) is 2.37. The second-order valence-electron chi connectivity index (χ2n) is 4.16. The average molecular weight is 278 g/mol. The van der Waals surface area contributed by atoms with Gasteiger partial charge in [0, 0.05) is 12.6 Å². The third-order valence-electron chi connectivity index (χ3n) is 2.98. The van der Waals surface area contributed by atoms with Gasteiger partial charge in [-0.25, -0.2) is 0 Å². The number of carbonyl (C=O) groups excluding carboxylic acids is 1. The van der Waals surface area contributed by atoms with Gasteiger partial charge in [-0.1, -0.05) is 35.2 Å². The molecular weight excluding hydrogens is 258 g/mol. The van der Waals surface area contributed by atoms with Gasteiger partial charge in [0.05, 0.1) is 11.4 Å². The molecule has 0 spiro atoms. The van der Waals surface area contributed by atoms with E-state index >= 15 is 0 Å². The van der Waals surface area contributed by atoms with Gasteiger partial charge >= 0.3 is 0 Å². The molecular formula is C11H20BrNO2. The van der Waals surface area contributed by atoms with Gasteiger partial charge in [0.25, 0.3) is 0 Å². The van der Waals surface area contributed by atoms with E-state index in [9.17, 15) is 4.79 Å². The largest absolute Gasteiger partial charge is 0.395 e. The molecule has 1 atom stereocenters. The summed E-state index contributed by atoms with van der Waals surface area (Å²) in [7, 11) is 0. The molecule has 1 unspecified atom stereocenters. The number of carbonyl (C=O) groups is 1. The van der Waals surface area contributed by atoms with Crippen LogP contribution in [-0.2, 0) is 4.79 Å². The summed E-state index contributed by atoms with van der Waals surface area (Å²) in [5.41, 5.74) is 0. The first-order chi connectivity index (χ1) is 7.16. The van der Waals surface area contributed by atoms with E-state index in [-0.39, 0.29) is 17.3 Å². The fourth-order valence-electron chi connectivity index (χ4n) is 2.20. The zero-order valence-corrected chi connectivity index (χ0v) is 10.9. The highest BCUT2D eigenvalue weighted by Gasteiger charge is 2.26. The first kappa shape index (κ1) is 13.0. The van der Waals surface area contributed by atoms with E-state index in [4.69, 9.17) is 5.11 Å². The molecule has 4 heteroatoms. The number of halogens is 1. The lowest BCUT2D eigenvalue weighted by molar-refractivity contribution is -0.133. The van der Waals surface area contributed by atoms with Crippen molar-refractivity contribution in [3.63, 3.8) is 0 Å². The van der Waals surface area contributed by atoms with Crippen molar-refractivity contribution in [2.75, 3.05) is 13.2 Å². The molecule has 0 aromatic rings. The van der Waals surface area contributed by atoms with Gasteiger partial charge in [0.15, 0.2) is 0 Å². The molecule has 0 bridgehead atoms. The molecule has 0 aliphatic heterocycles. The lowest BCUT2D eigenvalue weighted by Gasteiger charge is -2.34. The summed E-state index contributed by atoms with van der Waals surface area (Å²) in [5, 5.41) is 8.99. The van der Waals surface area contributed by atoms with Crippen LogP contribution in [0.25, 0.3) is 0 Å². The predicted octanol–water partition coefficient (Wildman–Crippen LogP) is 1.92. The maximum absolute atomic E-state index is 11.9. The molecule has 1 amide bonds. The van der Waals surface area contributed by atoms with Crippen LogP contribution in [0.4, 0.5) is 0 Å². The molecule has 1 aliphatic rings. The molecule has 0 aromatic heterocycles. The van der Waals surface area contributed by atoms with Crippen molar-refractivity contribution in [2.45, 2.75) is 49.9 Å². The van der Waals surface area contributed by atoms with E-state index in [1.165, 1.54) is 19.3 Å². The Hall–Kier alpha value is -0.0900. The number of alkyl halides is 1. The molecule has 0 saturated heterocycles. The number of aliphatic hydroxyl groups is 1. The summed E-state index contributed by atoms with van der Waals surface area (Å²) >= 11 is 3.30. The zero-order chi connectivity index (χ0) is 11.3. The van der Waals surface area contributed by atoms with Crippen LogP contribution in [0.5, 0.6) is 0 Å². The third kappa shape index (κ3) is 3.76. The van der Waals surface area contributed by atoms with Gasteiger partial charge in [-0.15, -0.1) is 0 Å². The Morgan fingerprint density at radius 3 is 2.53 bits per heavy atom. The quantitative estimate of drug-likeness (QED) is 0.798. The standard InChI is InChI=1S/C11H20BrNO2/c1-9(12)11(15)13(7-8-14)10-5-3-2-4-6-10/h9-10,14H,2-8H2,1H3. The molecule has 1 fully saturated rings. The topological polar surface area (TPSA) is 40.5 Å². The molecule has 88 valence electrons. The molecule has 0 heterocycles. The Morgan fingerprint density at radius 1 is 1.47 bits per heavy atom. The molecule has 1 N–H and O–H groups in total. The maximum Gasteiger partial charge on any atom is 0.236 e. The predicted molar refractivity (Wildman–Crippen MR) is 64.1 cm³/mol. The van der Waals surface area contributed by atoms with Gasteiger partial charge < -0.3 is 10.0 Å². The van der Waals surface area contributed by atoms with Crippen LogP contribution < -0.4 is 0 Å². The van der Waals surface area contributed by atoms with Crippen LogP contribution in [-0.4, -0.2) is 39.9 Å². The van der Waals surface area contributed by atoms with E-state index in [0.29, 0.717) is 12.6 Å². The minimum absolute atomic E-state index is 0.0575. The summed E-state index contributed by atoms with van der Waals surface area (Å²) in [4.78, 5) is 13.6. The van der Waals surface area contributed by atoms with Crippen LogP contribution in [0.2, 0.25) is 0 Å². The first-order valence-electron chi connectivity index (χ1n) is 5.72. The Morgan fingerprint density at radius 2 is 2.07 bits per heavy atom. The van der Waals surface area contributed by atoms with Gasteiger partial charge in [-0.2, -0.15) is 0 Å². The van der Waals surface area contributed by atoms with E-state index in [2.05, 4.69) is 15.9 Å². The van der Waals surface area contributed by atoms with E-state index in [1.807, 2.05) is 11.8 Å². The second kappa shape index (κ2) is 6.48. The van der Waals surface area contributed by atoms with Crippen LogP contribution >= 0.6 is 15.9 Å². The van der Waals surface area contributed by atoms with E-state index < -0.39 is 0 Å². The van der Waals surface area contributed by atoms with Gasteiger partial charge in [0.1, 0.15) is 0 Å². The van der Waals surface area contributed by atoms with Gasteiger partial charge in [-0.05, 0) is 19.8 Å². The van der Waals surface area contributed by atoms with Crippen LogP contribution in [0.1, 0.15) is 39.0 Å². The van der Waals surface area contributed by atoms with Crippen molar-refractivity contribution in [2.24, 2.45) is 0 Å². The van der Waals surface area contributed by atoms with Gasteiger partial charge in [-0.3, -0.25) is 4.79 Å². The lowest BCUT2D eigenvalue weighted by atomic mass is 9.94. The van der Waals surface area contributed by atoms with Crippen molar-refractivity contribution >= 4 is 21.8 Å². The maximum atomic E-state index is 11.9. The normalized spacial score (nSPS) is 19.9. The molecule has 15 heavy (non-hydrogen) atoms. The number of nitrogens with zero attached hydrogens (tertiary/aromatic N) is 1. The Bertz CT molecular complexity index is 203. The molecule has 0 radical (unpaired) electrons. The Kier molecular flexibility index (Phi) is 5.61. The highest BCUT2D eigenvalue weighted by Crippen LogP contribution is 2.23. The van der Waals surface area contributed by atoms with Crippen molar-refractivity contribution in [1.82, 2.24) is 4.90 Å². The van der Waals surface area contributed by atoms with Crippen molar-refractivity contribution in [3.8, 4) is 0 Å². The smallest absolute Gasteiger partial charge is 0.236 e. The highest BCUT2D eigenvalue weighted by atomic mass is 79.9. The third-order valence-corrected chi connectivity index (χ3v) is 3.37. The fourth-order valence-corrected chi connectivity index (χ4v) is 2.46. The molecule has 1 saturated carbocycles. The number of hydrogen-bond donors (Lipinski definition) is 1. The Labute approximate surface area is 100.0 Å². The summed E-state index contributed by atoms with van der Waals surface area (Å²) in [5.74, 6) is 0.107. The van der Waals surface area contributed by atoms with Crippen molar-refractivity contribution in [3.05, 3.63) is 0 Å². The molecule has 0 aromatic carbocycles. The van der Waals surface area contributed by atoms with Crippen LogP contribution in [0, 0.1) is 0 Å². The van der Waals surface area contributed by atoms with E-state index in [1.54, 1.807) is 0 Å². The SMILES string of the molecule is CC(Br)C(=O)N(CCO)C1CCCCC1. The monoisotopic (exact) mass is 277 g/mol. The number of aliphatic hydroxyl groups excluding tert-OH is 1. The van der Waals surface area contributed by atoms with Gasteiger partial charge in [0.2, 0.25) is 5.91 Å². The zero-order valence-electron chi connectivity index (χ0n) is 9.29. The number of amides is 1. The van der Waals surface area contributed by atoms with Crippen molar-refractivity contribution < 1.29 is 9.90 Å². The second-order valence-corrected chi connectivity index (χ2v) is 5.54. The lowest BCUT2D eigenvalue weighted by Crippen LogP contribution is -2.45. The van der Waals surface area contributed by atoms with Crippen LogP contribution in [0.15, 0.2) is 0 Å². The Balaban J connectivity index is 2.58. The summed E-state index contributed by atoms with van der Waals surface area (Å²) < 4.78 is 0. The molecule has 1 aliphatic carbocycles. The van der Waals surface area contributed by atoms with Crippen molar-refractivity contribution in [1.29, 1.82) is 0 Å².